The topological polar surface area (TPSA) is 51.4 Å². The van der Waals surface area contributed by atoms with Crippen LogP contribution >= 0.6 is 12.2 Å². The van der Waals surface area contributed by atoms with Gasteiger partial charge in [-0.1, -0.05) is 18.3 Å². The Bertz CT molecular complexity index is 371. The molecule has 2 N–H and O–H groups in total. The van der Waals surface area contributed by atoms with E-state index in [9.17, 15) is 0 Å². The molecule has 0 amide bonds. The number of pyridine rings is 1. The first-order valence-electron chi connectivity index (χ1n) is 5.59. The fourth-order valence-electron chi connectivity index (χ4n) is 1.49. The molecule has 0 atom stereocenters. The van der Waals surface area contributed by atoms with Crippen LogP contribution in [0, 0.1) is 6.92 Å². The number of hydrogen-bond acceptors (Lipinski definition) is 4. The zero-order valence-corrected chi connectivity index (χ0v) is 11.2. The molecular weight excluding hydrogens is 234 g/mol. The molecule has 0 aromatic carbocycles. The van der Waals surface area contributed by atoms with Crippen LogP contribution in [0.1, 0.15) is 12.1 Å². The number of aromatic nitrogens is 1. The Hall–Kier alpha value is -1.20. The maximum atomic E-state index is 5.53. The normalized spacial score (nSPS) is 10.2. The van der Waals surface area contributed by atoms with Gasteiger partial charge in [0.2, 0.25) is 0 Å². The van der Waals surface area contributed by atoms with Crippen molar-refractivity contribution in [2.75, 3.05) is 31.7 Å². The number of anilines is 1. The minimum Gasteiger partial charge on any atom is -0.393 e. The molecule has 94 valence electrons. The second kappa shape index (κ2) is 7.19. The van der Waals surface area contributed by atoms with Crippen LogP contribution in [0.15, 0.2) is 18.2 Å². The molecular formula is C12H19N3OS. The van der Waals surface area contributed by atoms with E-state index in [0.29, 0.717) is 18.0 Å². The van der Waals surface area contributed by atoms with E-state index >= 15 is 0 Å². The van der Waals surface area contributed by atoms with Crippen LogP contribution in [0.25, 0.3) is 0 Å². The van der Waals surface area contributed by atoms with E-state index in [1.807, 2.05) is 25.1 Å². The predicted octanol–water partition coefficient (Wildman–Crippen LogP) is 1.52. The lowest BCUT2D eigenvalue weighted by molar-refractivity contribution is 0.205. The largest absolute Gasteiger partial charge is 0.393 e. The van der Waals surface area contributed by atoms with E-state index in [2.05, 4.69) is 9.88 Å². The number of aryl methyl sites for hydroxylation is 1. The minimum absolute atomic E-state index is 0.528. The van der Waals surface area contributed by atoms with Gasteiger partial charge in [-0.25, -0.2) is 4.98 Å². The van der Waals surface area contributed by atoms with Crippen LogP contribution in [0.3, 0.4) is 0 Å². The van der Waals surface area contributed by atoms with Crippen molar-refractivity contribution in [2.45, 2.75) is 13.3 Å². The van der Waals surface area contributed by atoms with Gasteiger partial charge in [-0.05, 0) is 19.1 Å². The average molecular weight is 253 g/mol. The number of thiocarbonyl (C=S) groups is 1. The Balaban J connectivity index is 2.70. The lowest BCUT2D eigenvalue weighted by atomic mass is 10.3. The van der Waals surface area contributed by atoms with Gasteiger partial charge in [-0.15, -0.1) is 0 Å². The zero-order valence-electron chi connectivity index (χ0n) is 10.3. The van der Waals surface area contributed by atoms with Gasteiger partial charge in [0.1, 0.15) is 5.82 Å². The summed E-state index contributed by atoms with van der Waals surface area (Å²) >= 11 is 4.90. The van der Waals surface area contributed by atoms with Crippen LogP contribution in [0.5, 0.6) is 0 Å². The van der Waals surface area contributed by atoms with E-state index in [4.69, 9.17) is 22.7 Å². The standard InChI is InChI=1S/C12H19N3OS/c1-10-4-3-5-12(14-10)15(8-9-16-2)7-6-11(13)17/h3-5H,6-9H2,1-2H3,(H2,13,17). The molecule has 0 saturated heterocycles. The maximum absolute atomic E-state index is 5.53. The summed E-state index contributed by atoms with van der Waals surface area (Å²) in [5.41, 5.74) is 6.53. The molecule has 0 aliphatic carbocycles. The lowest BCUT2D eigenvalue weighted by Crippen LogP contribution is -2.31. The highest BCUT2D eigenvalue weighted by Gasteiger charge is 2.08. The second-order valence-electron chi connectivity index (χ2n) is 3.83. The van der Waals surface area contributed by atoms with E-state index in [1.165, 1.54) is 0 Å². The van der Waals surface area contributed by atoms with Gasteiger partial charge in [-0.2, -0.15) is 0 Å². The molecule has 17 heavy (non-hydrogen) atoms. The van der Waals surface area contributed by atoms with Crippen molar-refractivity contribution in [1.82, 2.24) is 4.98 Å². The second-order valence-corrected chi connectivity index (χ2v) is 4.36. The number of nitrogens with two attached hydrogens (primary N) is 1. The molecule has 1 aromatic heterocycles. The summed E-state index contributed by atoms with van der Waals surface area (Å²) in [7, 11) is 1.69. The summed E-state index contributed by atoms with van der Waals surface area (Å²) in [6.45, 7) is 4.20. The Morgan fingerprint density at radius 2 is 2.24 bits per heavy atom. The number of methoxy groups -OCH3 is 1. The fraction of sp³-hybridized carbons (Fsp3) is 0.500. The summed E-state index contributed by atoms with van der Waals surface area (Å²) in [5, 5.41) is 0. The van der Waals surface area contributed by atoms with Crippen molar-refractivity contribution < 1.29 is 4.74 Å². The van der Waals surface area contributed by atoms with Crippen molar-refractivity contribution in [2.24, 2.45) is 5.73 Å². The molecule has 0 unspecified atom stereocenters. The summed E-state index contributed by atoms with van der Waals surface area (Å²) in [6.07, 6.45) is 0.689. The maximum Gasteiger partial charge on any atom is 0.128 e. The van der Waals surface area contributed by atoms with Gasteiger partial charge in [0, 0.05) is 32.3 Å². The molecule has 0 fully saturated rings. The molecule has 0 spiro atoms. The first-order valence-corrected chi connectivity index (χ1v) is 6.00. The van der Waals surface area contributed by atoms with E-state index in [0.717, 1.165) is 24.6 Å². The molecule has 1 rings (SSSR count). The van der Waals surface area contributed by atoms with Crippen LogP contribution in [-0.2, 0) is 4.74 Å². The molecule has 0 bridgehead atoms. The third kappa shape index (κ3) is 5.10. The van der Waals surface area contributed by atoms with Gasteiger partial charge in [0.25, 0.3) is 0 Å². The first-order chi connectivity index (χ1) is 8.13. The van der Waals surface area contributed by atoms with Crippen molar-refractivity contribution in [3.05, 3.63) is 23.9 Å². The first kappa shape index (κ1) is 13.9. The minimum atomic E-state index is 0.528. The third-order valence-electron chi connectivity index (χ3n) is 2.39. The van der Waals surface area contributed by atoms with Gasteiger partial charge < -0.3 is 15.4 Å². The van der Waals surface area contributed by atoms with Crippen molar-refractivity contribution in [3.8, 4) is 0 Å². The quantitative estimate of drug-likeness (QED) is 0.747. The third-order valence-corrected chi connectivity index (χ3v) is 2.60. The highest BCUT2D eigenvalue weighted by molar-refractivity contribution is 7.80. The zero-order chi connectivity index (χ0) is 12.7. The monoisotopic (exact) mass is 253 g/mol. The number of rotatable bonds is 7. The van der Waals surface area contributed by atoms with Crippen LogP contribution in [-0.4, -0.2) is 36.8 Å². The predicted molar refractivity (Wildman–Crippen MR) is 74.5 cm³/mol. The highest BCUT2D eigenvalue weighted by atomic mass is 32.1. The average Bonchev–Trinajstić information content (AvgIpc) is 2.29. The SMILES string of the molecule is COCCN(CCC(N)=S)c1cccc(C)n1. The Morgan fingerprint density at radius 3 is 2.82 bits per heavy atom. The van der Waals surface area contributed by atoms with E-state index in [1.54, 1.807) is 7.11 Å². The van der Waals surface area contributed by atoms with E-state index < -0.39 is 0 Å². The molecule has 0 aliphatic rings. The van der Waals surface area contributed by atoms with E-state index in [-0.39, 0.29) is 0 Å². The summed E-state index contributed by atoms with van der Waals surface area (Å²) in [5.74, 6) is 0.943. The molecule has 1 heterocycles. The number of nitrogens with zero attached hydrogens (tertiary/aromatic N) is 2. The van der Waals surface area contributed by atoms with Crippen molar-refractivity contribution >= 4 is 23.0 Å². The Kier molecular flexibility index (Phi) is 5.86. The van der Waals surface area contributed by atoms with Gasteiger partial charge >= 0.3 is 0 Å². The Morgan fingerprint density at radius 1 is 1.47 bits per heavy atom. The van der Waals surface area contributed by atoms with Gasteiger partial charge in [-0.3, -0.25) is 0 Å². The van der Waals surface area contributed by atoms with Crippen molar-refractivity contribution in [1.29, 1.82) is 0 Å². The molecule has 4 nitrogen and oxygen atoms in total. The molecule has 5 heteroatoms. The fourth-order valence-corrected chi connectivity index (χ4v) is 1.58. The van der Waals surface area contributed by atoms with Crippen LogP contribution in [0.2, 0.25) is 0 Å². The summed E-state index contributed by atoms with van der Waals surface area (Å²) < 4.78 is 5.10. The molecule has 0 aliphatic heterocycles. The van der Waals surface area contributed by atoms with Gasteiger partial charge in [0.15, 0.2) is 0 Å². The number of ether oxygens (including phenoxy) is 1. The van der Waals surface area contributed by atoms with Crippen LogP contribution < -0.4 is 10.6 Å². The molecule has 0 radical (unpaired) electrons. The van der Waals surface area contributed by atoms with Crippen molar-refractivity contribution in [3.63, 3.8) is 0 Å². The summed E-state index contributed by atoms with van der Waals surface area (Å²) in [4.78, 5) is 7.15. The summed E-state index contributed by atoms with van der Waals surface area (Å²) in [6, 6.07) is 5.96. The Labute approximate surface area is 108 Å². The smallest absolute Gasteiger partial charge is 0.128 e. The molecule has 1 aromatic rings. The lowest BCUT2D eigenvalue weighted by Gasteiger charge is -2.23. The highest BCUT2D eigenvalue weighted by Crippen LogP contribution is 2.11. The molecule has 0 saturated carbocycles. The van der Waals surface area contributed by atoms with Gasteiger partial charge in [0.05, 0.1) is 11.6 Å². The van der Waals surface area contributed by atoms with Crippen LogP contribution in [0.4, 0.5) is 5.82 Å². The number of hydrogen-bond donors (Lipinski definition) is 1.